The maximum Gasteiger partial charge on any atom is 0.352 e. The number of primary amides is 1. The van der Waals surface area contributed by atoms with E-state index in [1.165, 1.54) is 41.3 Å². The molecule has 3 amide bonds. The highest BCUT2D eigenvalue weighted by Crippen LogP contribution is 2.40. The van der Waals surface area contributed by atoms with E-state index < -0.39 is 35.1 Å². The minimum absolute atomic E-state index is 0.131. The number of hydrogen-bond donors (Lipinski definition) is 4. The molecule has 2 aliphatic rings. The van der Waals surface area contributed by atoms with Crippen molar-refractivity contribution in [1.29, 1.82) is 0 Å². The molecular weight excluding hydrogens is 498 g/mol. The number of oxime groups is 1. The van der Waals surface area contributed by atoms with Gasteiger partial charge in [-0.3, -0.25) is 19.3 Å². The normalized spacial score (nSPS) is 19.6. The van der Waals surface area contributed by atoms with Crippen molar-refractivity contribution in [2.45, 2.75) is 18.0 Å². The van der Waals surface area contributed by atoms with E-state index in [9.17, 15) is 24.3 Å². The Morgan fingerprint density at radius 2 is 2.09 bits per heavy atom. The minimum atomic E-state index is -1.25. The number of carbonyl (C=O) groups is 4. The summed E-state index contributed by atoms with van der Waals surface area (Å²) in [6.45, 7) is 0.192. The molecule has 0 aromatic carbocycles. The minimum Gasteiger partial charge on any atom is -0.477 e. The van der Waals surface area contributed by atoms with Gasteiger partial charge in [-0.05, 0) is 0 Å². The largest absolute Gasteiger partial charge is 0.477 e. The van der Waals surface area contributed by atoms with Crippen LogP contribution in [0.25, 0.3) is 0 Å². The lowest BCUT2D eigenvalue weighted by Gasteiger charge is -2.49. The second kappa shape index (κ2) is 9.71. The Morgan fingerprint density at radius 1 is 1.37 bits per heavy atom. The van der Waals surface area contributed by atoms with E-state index in [0.717, 1.165) is 11.3 Å². The molecule has 0 aliphatic carbocycles. The number of carbonyl (C=O) groups excluding carboxylic acids is 3. The lowest BCUT2D eigenvalue weighted by atomic mass is 10.0. The second-order valence-corrected chi connectivity index (χ2v) is 9.43. The molecular formula is C20H20N7O6S2+. The number of amides is 3. The van der Waals surface area contributed by atoms with Crippen LogP contribution < -0.4 is 21.4 Å². The lowest BCUT2D eigenvalue weighted by Crippen LogP contribution is -2.71. The third-order valence-corrected chi connectivity index (χ3v) is 7.26. The molecule has 35 heavy (non-hydrogen) atoms. The molecule has 1 saturated heterocycles. The summed E-state index contributed by atoms with van der Waals surface area (Å²) in [4.78, 5) is 59.0. The summed E-state index contributed by atoms with van der Waals surface area (Å²) in [6, 6.07) is 2.10. The van der Waals surface area contributed by atoms with Crippen LogP contribution in [-0.4, -0.2) is 68.7 Å². The zero-order valence-corrected chi connectivity index (χ0v) is 19.8. The van der Waals surface area contributed by atoms with E-state index in [-0.39, 0.29) is 28.8 Å². The van der Waals surface area contributed by atoms with Gasteiger partial charge in [-0.2, -0.15) is 0 Å². The third-order valence-electron chi connectivity index (χ3n) is 5.25. The molecule has 6 N–H and O–H groups in total. The number of β-lactam (4-membered cyclic amide) rings is 1. The van der Waals surface area contributed by atoms with Crippen LogP contribution in [0.1, 0.15) is 16.1 Å². The molecule has 0 bridgehead atoms. The van der Waals surface area contributed by atoms with Gasteiger partial charge in [0.1, 0.15) is 29.9 Å². The number of pyridine rings is 1. The van der Waals surface area contributed by atoms with Gasteiger partial charge in [-0.15, -0.1) is 23.1 Å². The number of nitrogens with zero attached hydrogens (tertiary/aromatic N) is 4. The highest BCUT2D eigenvalue weighted by Gasteiger charge is 2.54. The number of nitrogens with one attached hydrogen (secondary N) is 1. The van der Waals surface area contributed by atoms with Gasteiger partial charge in [-0.1, -0.05) is 5.16 Å². The van der Waals surface area contributed by atoms with Crippen LogP contribution in [0, 0.1) is 0 Å². The van der Waals surface area contributed by atoms with Crippen LogP contribution in [0.3, 0.4) is 0 Å². The van der Waals surface area contributed by atoms with Crippen LogP contribution in [-0.2, 0) is 25.8 Å². The number of fused-ring (bicyclic) bond motifs is 1. The number of nitrogens with two attached hydrogens (primary N) is 2. The Labute approximate surface area is 206 Å². The number of anilines is 1. The molecule has 0 saturated carbocycles. The second-order valence-electron chi connectivity index (χ2n) is 7.44. The molecule has 4 heterocycles. The van der Waals surface area contributed by atoms with E-state index >= 15 is 0 Å². The highest BCUT2D eigenvalue weighted by molar-refractivity contribution is 8.00. The van der Waals surface area contributed by atoms with Crippen molar-refractivity contribution >= 4 is 57.6 Å². The summed E-state index contributed by atoms with van der Waals surface area (Å²) >= 11 is 2.44. The summed E-state index contributed by atoms with van der Waals surface area (Å²) in [7, 11) is 1.27. The molecule has 2 atom stereocenters. The molecule has 2 aliphatic heterocycles. The maximum atomic E-state index is 12.9. The number of aliphatic carboxylic acids is 1. The van der Waals surface area contributed by atoms with Gasteiger partial charge in [0, 0.05) is 28.8 Å². The first-order valence-electron chi connectivity index (χ1n) is 10.0. The van der Waals surface area contributed by atoms with Gasteiger partial charge >= 0.3 is 5.97 Å². The first kappa shape index (κ1) is 24.2. The summed E-state index contributed by atoms with van der Waals surface area (Å²) in [5.74, 6) is -2.77. The smallest absolute Gasteiger partial charge is 0.352 e. The van der Waals surface area contributed by atoms with Crippen molar-refractivity contribution in [1.82, 2.24) is 15.2 Å². The summed E-state index contributed by atoms with van der Waals surface area (Å²) < 4.78 is 1.68. The predicted octanol–water partition coefficient (Wildman–Crippen LogP) is -1.10. The number of nitrogen functional groups attached to an aromatic ring is 1. The Hall–Kier alpha value is -3.98. The van der Waals surface area contributed by atoms with Crippen molar-refractivity contribution < 1.29 is 33.7 Å². The van der Waals surface area contributed by atoms with Gasteiger partial charge in [0.05, 0.1) is 5.56 Å². The van der Waals surface area contributed by atoms with Crippen LogP contribution in [0.5, 0.6) is 0 Å². The van der Waals surface area contributed by atoms with Crippen LogP contribution in [0.15, 0.2) is 46.3 Å². The fourth-order valence-electron chi connectivity index (χ4n) is 3.65. The Morgan fingerprint density at radius 3 is 2.66 bits per heavy atom. The van der Waals surface area contributed by atoms with E-state index in [4.69, 9.17) is 16.3 Å². The number of thioether (sulfide) groups is 1. The lowest BCUT2D eigenvalue weighted by molar-refractivity contribution is -0.689. The average Bonchev–Trinajstić information content (AvgIpc) is 3.26. The molecule has 4 rings (SSSR count). The van der Waals surface area contributed by atoms with Crippen LogP contribution >= 0.6 is 23.1 Å². The van der Waals surface area contributed by atoms with Gasteiger partial charge < -0.3 is 26.7 Å². The van der Waals surface area contributed by atoms with Crippen molar-refractivity contribution in [2.24, 2.45) is 10.9 Å². The van der Waals surface area contributed by atoms with E-state index in [2.05, 4.69) is 15.5 Å². The van der Waals surface area contributed by atoms with Crippen molar-refractivity contribution in [3.05, 3.63) is 52.4 Å². The Kier molecular flexibility index (Phi) is 6.70. The molecule has 0 radical (unpaired) electrons. The average molecular weight is 519 g/mol. The standard InChI is InChI=1S/C20H19N7O6S2/c1-33-25-12(11-8-35-20(22)23-11)16(29)24-13-17(30)27-14(19(31)32)10(7-34-18(13)27)6-26-4-2-9(3-5-26)15(21)28/h2-5,8,13,18H,6-7H2,1H3,(H5-,21,22,23,24,28,29,31,32)/p+1/b25-12-/t13-,18+/m1/s1. The molecule has 1 fully saturated rings. The molecule has 0 unspecified atom stereocenters. The first-order chi connectivity index (χ1) is 16.7. The molecule has 2 aromatic rings. The first-order valence-corrected chi connectivity index (χ1v) is 12.0. The van der Waals surface area contributed by atoms with Gasteiger partial charge in [-0.25, -0.2) is 14.3 Å². The predicted molar refractivity (Wildman–Crippen MR) is 125 cm³/mol. The molecule has 13 nitrogen and oxygen atoms in total. The number of hydrogen-bond acceptors (Lipinski definition) is 10. The number of carboxylic acids is 1. The molecule has 0 spiro atoms. The molecule has 15 heteroatoms. The van der Waals surface area contributed by atoms with E-state index in [1.807, 2.05) is 0 Å². The fraction of sp³-hybridized carbons (Fsp3) is 0.250. The van der Waals surface area contributed by atoms with Crippen molar-refractivity contribution in [3.8, 4) is 0 Å². The van der Waals surface area contributed by atoms with Gasteiger partial charge in [0.25, 0.3) is 11.8 Å². The highest BCUT2D eigenvalue weighted by atomic mass is 32.2. The van der Waals surface area contributed by atoms with Gasteiger partial charge in [0.2, 0.25) is 5.91 Å². The Bertz CT molecular complexity index is 1270. The monoisotopic (exact) mass is 518 g/mol. The summed E-state index contributed by atoms with van der Waals surface area (Å²) in [6.07, 6.45) is 3.21. The van der Waals surface area contributed by atoms with Crippen molar-refractivity contribution in [2.75, 3.05) is 18.6 Å². The van der Waals surface area contributed by atoms with Crippen LogP contribution in [0.2, 0.25) is 0 Å². The Balaban J connectivity index is 1.52. The quantitative estimate of drug-likeness (QED) is 0.145. The van der Waals surface area contributed by atoms with Crippen molar-refractivity contribution in [3.63, 3.8) is 0 Å². The third kappa shape index (κ3) is 4.67. The summed E-state index contributed by atoms with van der Waals surface area (Å²) in [5, 5.41) is 17.3. The van der Waals surface area contributed by atoms with Gasteiger partial charge in [0.15, 0.2) is 29.8 Å². The number of thiazole rings is 1. The summed E-state index contributed by atoms with van der Waals surface area (Å²) in [5.41, 5.74) is 11.6. The van der Waals surface area contributed by atoms with E-state index in [0.29, 0.717) is 16.9 Å². The van der Waals surface area contributed by atoms with E-state index in [1.54, 1.807) is 17.0 Å². The van der Waals surface area contributed by atoms with Crippen LogP contribution in [0.4, 0.5) is 5.13 Å². The molecule has 2 aromatic heterocycles. The topological polar surface area (TPSA) is 194 Å². The number of rotatable bonds is 8. The zero-order chi connectivity index (χ0) is 25.3. The number of aromatic nitrogens is 2. The molecule has 182 valence electrons. The zero-order valence-electron chi connectivity index (χ0n) is 18.2. The maximum absolute atomic E-state index is 12.9. The number of carboxylic acid groups (broad SMARTS) is 1. The SMILES string of the molecule is CO/N=C(\C(=O)N[C@@H]1C(=O)N2C(C(=O)O)=C(C[n+]3ccc(C(N)=O)cc3)CS[C@@H]12)c1csc(N)n1. The fourth-order valence-corrected chi connectivity index (χ4v) is 5.54.